The molecule has 0 saturated heterocycles. The maximum absolute atomic E-state index is 12.6. The molecule has 5 nitrogen and oxygen atoms in total. The average Bonchev–Trinajstić information content (AvgIpc) is 2.56. The minimum Gasteiger partial charge on any atom is -0.369 e. The van der Waals surface area contributed by atoms with Crippen LogP contribution in [-0.4, -0.2) is 14.3 Å². The highest BCUT2D eigenvalue weighted by Crippen LogP contribution is 2.25. The summed E-state index contributed by atoms with van der Waals surface area (Å²) in [5, 5.41) is 0. The molecule has 0 saturated carbocycles. The first-order valence-corrected chi connectivity index (χ1v) is 8.48. The van der Waals surface area contributed by atoms with Gasteiger partial charge in [-0.1, -0.05) is 54.6 Å². The van der Waals surface area contributed by atoms with Gasteiger partial charge in [0.25, 0.3) is 0 Å². The van der Waals surface area contributed by atoms with Crippen LogP contribution in [-0.2, 0) is 14.8 Å². The maximum Gasteiger partial charge on any atom is 0.241 e. The highest BCUT2D eigenvalue weighted by atomic mass is 32.2. The molecule has 6 heteroatoms. The molecular weight excluding hydrogens is 312 g/mol. The van der Waals surface area contributed by atoms with E-state index >= 15 is 0 Å². The highest BCUT2D eigenvalue weighted by molar-refractivity contribution is 7.89. The molecule has 23 heavy (non-hydrogen) atoms. The lowest BCUT2D eigenvalue weighted by Crippen LogP contribution is -2.38. The van der Waals surface area contributed by atoms with Gasteiger partial charge in [0.15, 0.2) is 0 Å². The second-order valence-electron chi connectivity index (χ2n) is 4.99. The Labute approximate surface area is 135 Å². The average molecular weight is 330 g/mol. The van der Waals surface area contributed by atoms with Crippen molar-refractivity contribution in [2.24, 2.45) is 11.7 Å². The zero-order valence-corrected chi connectivity index (χ0v) is 13.2. The van der Waals surface area contributed by atoms with E-state index in [1.165, 1.54) is 18.2 Å². The number of benzene rings is 2. The van der Waals surface area contributed by atoms with Gasteiger partial charge >= 0.3 is 0 Å². The van der Waals surface area contributed by atoms with E-state index in [1.807, 2.05) is 0 Å². The van der Waals surface area contributed by atoms with Gasteiger partial charge in [-0.25, -0.2) is 13.1 Å². The lowest BCUT2D eigenvalue weighted by atomic mass is 9.93. The number of carbonyl (C=O) groups excluding carboxylic acids is 1. The summed E-state index contributed by atoms with van der Waals surface area (Å²) in [6, 6.07) is 15.9. The molecule has 0 unspecified atom stereocenters. The number of nitrogens with one attached hydrogen (secondary N) is 1. The van der Waals surface area contributed by atoms with Gasteiger partial charge in [0.05, 0.1) is 16.9 Å². The van der Waals surface area contributed by atoms with Gasteiger partial charge in [-0.15, -0.1) is 6.58 Å². The van der Waals surface area contributed by atoms with Crippen LogP contribution in [0.1, 0.15) is 11.6 Å². The molecule has 2 atom stereocenters. The Kier molecular flexibility index (Phi) is 5.31. The largest absolute Gasteiger partial charge is 0.369 e. The number of nitrogens with two attached hydrogens (primary N) is 1. The van der Waals surface area contributed by atoms with Gasteiger partial charge in [-0.2, -0.15) is 0 Å². The molecule has 2 aromatic rings. The van der Waals surface area contributed by atoms with E-state index in [0.717, 1.165) is 0 Å². The number of amides is 1. The van der Waals surface area contributed by atoms with Crippen molar-refractivity contribution < 1.29 is 13.2 Å². The van der Waals surface area contributed by atoms with Crippen LogP contribution in [0.5, 0.6) is 0 Å². The van der Waals surface area contributed by atoms with Crippen molar-refractivity contribution in [2.45, 2.75) is 10.9 Å². The number of hydrogen-bond acceptors (Lipinski definition) is 3. The lowest BCUT2D eigenvalue weighted by molar-refractivity contribution is -0.121. The van der Waals surface area contributed by atoms with Crippen LogP contribution in [0.2, 0.25) is 0 Å². The molecule has 0 heterocycles. The first-order chi connectivity index (χ1) is 11.0. The first-order valence-electron chi connectivity index (χ1n) is 7.00. The summed E-state index contributed by atoms with van der Waals surface area (Å²) >= 11 is 0. The van der Waals surface area contributed by atoms with Gasteiger partial charge in [0.2, 0.25) is 15.9 Å². The monoisotopic (exact) mass is 330 g/mol. The van der Waals surface area contributed by atoms with Gasteiger partial charge in [-0.3, -0.25) is 4.79 Å². The number of hydrogen-bond donors (Lipinski definition) is 2. The predicted molar refractivity (Wildman–Crippen MR) is 88.8 cm³/mol. The topological polar surface area (TPSA) is 89.3 Å². The Bertz CT molecular complexity index is 774. The summed E-state index contributed by atoms with van der Waals surface area (Å²) in [6.07, 6.45) is 1.35. The van der Waals surface area contributed by atoms with E-state index in [4.69, 9.17) is 5.73 Å². The predicted octanol–water partition coefficient (Wildman–Crippen LogP) is 1.99. The molecule has 0 fully saturated rings. The Morgan fingerprint density at radius 2 is 1.57 bits per heavy atom. The van der Waals surface area contributed by atoms with Gasteiger partial charge in [-0.05, 0) is 17.7 Å². The number of sulfonamides is 1. The van der Waals surface area contributed by atoms with Crippen LogP contribution in [0.4, 0.5) is 0 Å². The molecule has 2 rings (SSSR count). The minimum absolute atomic E-state index is 0.119. The zero-order valence-electron chi connectivity index (χ0n) is 12.4. The quantitative estimate of drug-likeness (QED) is 0.761. The van der Waals surface area contributed by atoms with E-state index in [2.05, 4.69) is 11.3 Å². The van der Waals surface area contributed by atoms with Crippen LogP contribution < -0.4 is 10.5 Å². The fraction of sp³-hybridized carbons (Fsp3) is 0.118. The lowest BCUT2D eigenvalue weighted by Gasteiger charge is -2.24. The normalized spacial score (nSPS) is 13.9. The molecule has 120 valence electrons. The second-order valence-corrected chi connectivity index (χ2v) is 6.70. The molecule has 3 N–H and O–H groups in total. The van der Waals surface area contributed by atoms with Crippen LogP contribution in [0.15, 0.2) is 78.2 Å². The molecule has 0 aliphatic carbocycles. The van der Waals surface area contributed by atoms with Gasteiger partial charge in [0.1, 0.15) is 0 Å². The van der Waals surface area contributed by atoms with Crippen molar-refractivity contribution in [3.8, 4) is 0 Å². The summed E-state index contributed by atoms with van der Waals surface area (Å²) in [7, 11) is -3.80. The Balaban J connectivity index is 2.43. The third-order valence-electron chi connectivity index (χ3n) is 3.44. The van der Waals surface area contributed by atoms with Crippen molar-refractivity contribution >= 4 is 15.9 Å². The molecule has 2 aromatic carbocycles. The van der Waals surface area contributed by atoms with Crippen LogP contribution in [0, 0.1) is 5.92 Å². The maximum atomic E-state index is 12.6. The highest BCUT2D eigenvalue weighted by Gasteiger charge is 2.30. The van der Waals surface area contributed by atoms with Crippen molar-refractivity contribution in [2.75, 3.05) is 0 Å². The van der Waals surface area contributed by atoms with Crippen LogP contribution in [0.3, 0.4) is 0 Å². The molecular formula is C17H18N2O3S. The number of rotatable bonds is 7. The van der Waals surface area contributed by atoms with Gasteiger partial charge in [0, 0.05) is 0 Å². The van der Waals surface area contributed by atoms with Crippen molar-refractivity contribution in [3.05, 3.63) is 78.9 Å². The molecule has 1 amide bonds. The summed E-state index contributed by atoms with van der Waals surface area (Å²) in [4.78, 5) is 11.8. The smallest absolute Gasteiger partial charge is 0.241 e. The summed E-state index contributed by atoms with van der Waals surface area (Å²) in [5.41, 5.74) is 6.03. The van der Waals surface area contributed by atoms with E-state index in [9.17, 15) is 13.2 Å². The van der Waals surface area contributed by atoms with Crippen molar-refractivity contribution in [1.29, 1.82) is 0 Å². The fourth-order valence-corrected chi connectivity index (χ4v) is 3.53. The number of carbonyl (C=O) groups is 1. The Morgan fingerprint density at radius 3 is 2.04 bits per heavy atom. The molecule has 0 aliphatic heterocycles. The van der Waals surface area contributed by atoms with E-state index < -0.39 is 27.9 Å². The van der Waals surface area contributed by atoms with Gasteiger partial charge < -0.3 is 5.73 Å². The van der Waals surface area contributed by atoms with E-state index in [-0.39, 0.29) is 4.90 Å². The standard InChI is InChI=1S/C17H18N2O3S/c1-2-15(17(18)20)16(13-9-5-3-6-10-13)19-23(21,22)14-11-7-4-8-12-14/h2-12,15-16,19H,1H2,(H2,18,20)/t15-,16-/m1/s1. The first kappa shape index (κ1) is 16.9. The third kappa shape index (κ3) is 4.06. The van der Waals surface area contributed by atoms with Crippen molar-refractivity contribution in [3.63, 3.8) is 0 Å². The summed E-state index contributed by atoms with van der Waals surface area (Å²) < 4.78 is 27.7. The molecule has 0 aromatic heterocycles. The molecule has 0 bridgehead atoms. The third-order valence-corrected chi connectivity index (χ3v) is 4.89. The Hall–Kier alpha value is -2.44. The van der Waals surface area contributed by atoms with E-state index in [1.54, 1.807) is 48.5 Å². The SMILES string of the molecule is C=C[C@@H](C(N)=O)[C@H](NS(=O)(=O)c1ccccc1)c1ccccc1. The van der Waals surface area contributed by atoms with Crippen LogP contribution >= 0.6 is 0 Å². The molecule has 0 radical (unpaired) electrons. The molecule has 0 spiro atoms. The second kappa shape index (κ2) is 7.21. The van der Waals surface area contributed by atoms with E-state index in [0.29, 0.717) is 5.56 Å². The summed E-state index contributed by atoms with van der Waals surface area (Å²) in [6.45, 7) is 3.60. The minimum atomic E-state index is -3.80. The fourth-order valence-electron chi connectivity index (χ4n) is 2.26. The summed E-state index contributed by atoms with van der Waals surface area (Å²) in [5.74, 6) is -1.51. The zero-order chi connectivity index (χ0) is 16.9. The molecule has 0 aliphatic rings. The van der Waals surface area contributed by atoms with Crippen molar-refractivity contribution in [1.82, 2.24) is 4.72 Å². The number of primary amides is 1. The Morgan fingerprint density at radius 1 is 1.04 bits per heavy atom. The van der Waals surface area contributed by atoms with Crippen LogP contribution in [0.25, 0.3) is 0 Å².